The number of amides is 1. The topological polar surface area (TPSA) is 61.9 Å². The molecule has 28 heavy (non-hydrogen) atoms. The highest BCUT2D eigenvalue weighted by molar-refractivity contribution is 5.92. The molecule has 156 valence electrons. The Bertz CT molecular complexity index is 608. The standard InChI is InChI=1S/C22H35N3O3/c1-18(2)16-24(15-12-22(27)28-3)17-21(26)23-19-8-10-20(11-9-19)25-13-6-4-5-7-14-25/h8-11,18H,4-7,12-17H2,1-3H3,(H,23,26). The molecule has 1 aliphatic heterocycles. The minimum Gasteiger partial charge on any atom is -0.469 e. The van der Waals surface area contributed by atoms with Gasteiger partial charge in [-0.2, -0.15) is 0 Å². The van der Waals surface area contributed by atoms with Crippen molar-refractivity contribution in [2.75, 3.05) is 50.1 Å². The fourth-order valence-corrected chi connectivity index (χ4v) is 3.59. The molecule has 0 saturated carbocycles. The summed E-state index contributed by atoms with van der Waals surface area (Å²) in [5, 5.41) is 2.97. The molecule has 1 amide bonds. The van der Waals surface area contributed by atoms with Crippen molar-refractivity contribution in [2.24, 2.45) is 5.92 Å². The van der Waals surface area contributed by atoms with E-state index < -0.39 is 0 Å². The minimum absolute atomic E-state index is 0.0620. The Balaban J connectivity index is 1.87. The van der Waals surface area contributed by atoms with Gasteiger partial charge in [0.2, 0.25) is 5.91 Å². The lowest BCUT2D eigenvalue weighted by atomic mass is 10.2. The Morgan fingerprint density at radius 3 is 2.32 bits per heavy atom. The molecule has 1 saturated heterocycles. The van der Waals surface area contributed by atoms with Gasteiger partial charge in [0.15, 0.2) is 0 Å². The summed E-state index contributed by atoms with van der Waals surface area (Å²) in [6.07, 6.45) is 5.41. The molecule has 1 fully saturated rings. The molecular formula is C22H35N3O3. The summed E-state index contributed by atoms with van der Waals surface area (Å²) < 4.78 is 4.71. The maximum atomic E-state index is 12.5. The van der Waals surface area contributed by atoms with Crippen LogP contribution in [0.25, 0.3) is 0 Å². The number of ether oxygens (including phenoxy) is 1. The molecule has 1 aromatic carbocycles. The van der Waals surface area contributed by atoms with Crippen molar-refractivity contribution in [2.45, 2.75) is 46.0 Å². The van der Waals surface area contributed by atoms with Gasteiger partial charge in [-0.1, -0.05) is 26.7 Å². The summed E-state index contributed by atoms with van der Waals surface area (Å²) >= 11 is 0. The van der Waals surface area contributed by atoms with Gasteiger partial charge < -0.3 is 15.0 Å². The van der Waals surface area contributed by atoms with Crippen molar-refractivity contribution >= 4 is 23.3 Å². The summed E-state index contributed by atoms with van der Waals surface area (Å²) in [6, 6.07) is 8.12. The van der Waals surface area contributed by atoms with Crippen LogP contribution in [0.2, 0.25) is 0 Å². The summed E-state index contributed by atoms with van der Waals surface area (Å²) in [4.78, 5) is 28.3. The van der Waals surface area contributed by atoms with E-state index in [2.05, 4.69) is 36.2 Å². The zero-order chi connectivity index (χ0) is 20.4. The summed E-state index contributed by atoms with van der Waals surface area (Å²) in [5.41, 5.74) is 2.03. The van der Waals surface area contributed by atoms with E-state index in [-0.39, 0.29) is 18.4 Å². The van der Waals surface area contributed by atoms with E-state index in [1.807, 2.05) is 17.0 Å². The molecule has 0 unspecified atom stereocenters. The van der Waals surface area contributed by atoms with E-state index in [1.54, 1.807) is 0 Å². The van der Waals surface area contributed by atoms with Crippen LogP contribution >= 0.6 is 0 Å². The summed E-state index contributed by atoms with van der Waals surface area (Å²) in [5.74, 6) is 0.102. The SMILES string of the molecule is COC(=O)CCN(CC(=O)Nc1ccc(N2CCCCCC2)cc1)CC(C)C. The molecule has 1 aliphatic rings. The van der Waals surface area contributed by atoms with Gasteiger partial charge in [0.25, 0.3) is 0 Å². The molecular weight excluding hydrogens is 354 g/mol. The molecule has 0 spiro atoms. The molecule has 1 N–H and O–H groups in total. The normalized spacial score (nSPS) is 14.8. The minimum atomic E-state index is -0.252. The number of esters is 1. The van der Waals surface area contributed by atoms with Crippen LogP contribution in [0, 0.1) is 5.92 Å². The van der Waals surface area contributed by atoms with Gasteiger partial charge in [0.05, 0.1) is 20.1 Å². The zero-order valence-electron chi connectivity index (χ0n) is 17.6. The monoisotopic (exact) mass is 389 g/mol. The third-order valence-corrected chi connectivity index (χ3v) is 4.97. The number of nitrogens with one attached hydrogen (secondary N) is 1. The van der Waals surface area contributed by atoms with E-state index in [4.69, 9.17) is 4.74 Å². The number of benzene rings is 1. The Morgan fingerprint density at radius 1 is 1.11 bits per heavy atom. The van der Waals surface area contributed by atoms with Crippen LogP contribution in [0.1, 0.15) is 46.0 Å². The van der Waals surface area contributed by atoms with Crippen LogP contribution in [-0.2, 0) is 14.3 Å². The van der Waals surface area contributed by atoms with Crippen LogP contribution in [0.15, 0.2) is 24.3 Å². The highest BCUT2D eigenvalue weighted by Gasteiger charge is 2.15. The van der Waals surface area contributed by atoms with Crippen molar-refractivity contribution < 1.29 is 14.3 Å². The molecule has 1 heterocycles. The Hall–Kier alpha value is -2.08. The number of methoxy groups -OCH3 is 1. The van der Waals surface area contributed by atoms with Gasteiger partial charge in [-0.05, 0) is 43.0 Å². The van der Waals surface area contributed by atoms with Crippen molar-refractivity contribution in [3.63, 3.8) is 0 Å². The third-order valence-electron chi connectivity index (χ3n) is 4.97. The first-order valence-electron chi connectivity index (χ1n) is 10.4. The molecule has 6 nitrogen and oxygen atoms in total. The number of rotatable bonds is 9. The van der Waals surface area contributed by atoms with Gasteiger partial charge in [-0.25, -0.2) is 0 Å². The lowest BCUT2D eigenvalue weighted by Gasteiger charge is -2.24. The second kappa shape index (κ2) is 11.7. The first kappa shape index (κ1) is 22.2. The van der Waals surface area contributed by atoms with Crippen molar-refractivity contribution in [3.8, 4) is 0 Å². The van der Waals surface area contributed by atoms with E-state index in [9.17, 15) is 9.59 Å². The molecule has 6 heteroatoms. The van der Waals surface area contributed by atoms with Crippen LogP contribution in [0.4, 0.5) is 11.4 Å². The maximum Gasteiger partial charge on any atom is 0.306 e. The lowest BCUT2D eigenvalue weighted by Crippen LogP contribution is -2.37. The number of hydrogen-bond donors (Lipinski definition) is 1. The van der Waals surface area contributed by atoms with Crippen LogP contribution < -0.4 is 10.2 Å². The fraction of sp³-hybridized carbons (Fsp3) is 0.636. The Labute approximate surface area is 169 Å². The first-order chi connectivity index (χ1) is 13.5. The van der Waals surface area contributed by atoms with Gasteiger partial charge in [-0.15, -0.1) is 0 Å². The smallest absolute Gasteiger partial charge is 0.306 e. The van der Waals surface area contributed by atoms with Gasteiger partial charge >= 0.3 is 5.97 Å². The number of hydrogen-bond acceptors (Lipinski definition) is 5. The largest absolute Gasteiger partial charge is 0.469 e. The second-order valence-electron chi connectivity index (χ2n) is 7.95. The Morgan fingerprint density at radius 2 is 1.75 bits per heavy atom. The highest BCUT2D eigenvalue weighted by Crippen LogP contribution is 2.21. The lowest BCUT2D eigenvalue weighted by molar-refractivity contribution is -0.141. The Kier molecular flexibility index (Phi) is 9.28. The fourth-order valence-electron chi connectivity index (χ4n) is 3.59. The quantitative estimate of drug-likeness (QED) is 0.655. The average molecular weight is 390 g/mol. The molecule has 1 aromatic rings. The van der Waals surface area contributed by atoms with Gasteiger partial charge in [0, 0.05) is 37.6 Å². The van der Waals surface area contributed by atoms with E-state index in [0.29, 0.717) is 18.9 Å². The zero-order valence-corrected chi connectivity index (χ0v) is 17.6. The van der Waals surface area contributed by atoms with Crippen LogP contribution in [0.3, 0.4) is 0 Å². The highest BCUT2D eigenvalue weighted by atomic mass is 16.5. The van der Waals surface area contributed by atoms with Crippen molar-refractivity contribution in [1.82, 2.24) is 4.90 Å². The molecule has 0 radical (unpaired) electrons. The van der Waals surface area contributed by atoms with E-state index >= 15 is 0 Å². The van der Waals surface area contributed by atoms with Crippen molar-refractivity contribution in [3.05, 3.63) is 24.3 Å². The summed E-state index contributed by atoms with van der Waals surface area (Å²) in [6.45, 7) is 7.97. The molecule has 0 aliphatic carbocycles. The maximum absolute atomic E-state index is 12.5. The predicted molar refractivity (Wildman–Crippen MR) is 114 cm³/mol. The van der Waals surface area contributed by atoms with Crippen LogP contribution in [0.5, 0.6) is 0 Å². The van der Waals surface area contributed by atoms with Crippen LogP contribution in [-0.4, -0.2) is 56.6 Å². The first-order valence-corrected chi connectivity index (χ1v) is 10.4. The van der Waals surface area contributed by atoms with Gasteiger partial charge in [-0.3, -0.25) is 14.5 Å². The molecule has 0 bridgehead atoms. The van der Waals surface area contributed by atoms with Gasteiger partial charge in [0.1, 0.15) is 0 Å². The second-order valence-corrected chi connectivity index (χ2v) is 7.95. The summed E-state index contributed by atoms with van der Waals surface area (Å²) in [7, 11) is 1.39. The average Bonchev–Trinajstić information content (AvgIpc) is 2.95. The third kappa shape index (κ3) is 7.89. The predicted octanol–water partition coefficient (Wildman–Crippen LogP) is 3.53. The number of carbonyl (C=O) groups is 2. The number of carbonyl (C=O) groups excluding carboxylic acids is 2. The molecule has 2 rings (SSSR count). The van der Waals surface area contributed by atoms with Crippen molar-refractivity contribution in [1.29, 1.82) is 0 Å². The molecule has 0 atom stereocenters. The molecule has 0 aromatic heterocycles. The van der Waals surface area contributed by atoms with E-state index in [0.717, 1.165) is 25.3 Å². The number of nitrogens with zero attached hydrogens (tertiary/aromatic N) is 2. The number of anilines is 2. The van der Waals surface area contributed by atoms with E-state index in [1.165, 1.54) is 38.5 Å².